The van der Waals surface area contributed by atoms with Crippen molar-refractivity contribution in [3.05, 3.63) is 89.2 Å². The van der Waals surface area contributed by atoms with Crippen molar-refractivity contribution in [3.63, 3.8) is 0 Å². The maximum Gasteiger partial charge on any atom is 0.251 e. The largest absolute Gasteiger partial charge is 0.497 e. The molecule has 0 saturated carbocycles. The summed E-state index contributed by atoms with van der Waals surface area (Å²) < 4.78 is 29.6. The highest BCUT2D eigenvalue weighted by molar-refractivity contribution is 5.94. The fraction of sp³-hybridized carbons (Fsp3) is 0.208. The summed E-state index contributed by atoms with van der Waals surface area (Å²) >= 11 is 0. The van der Waals surface area contributed by atoms with Gasteiger partial charge in [-0.1, -0.05) is 24.3 Å². The smallest absolute Gasteiger partial charge is 0.251 e. The highest BCUT2D eigenvalue weighted by Crippen LogP contribution is 2.33. The molecule has 4 rings (SSSR count). The van der Waals surface area contributed by atoms with Gasteiger partial charge in [-0.2, -0.15) is 0 Å². The molecule has 30 heavy (non-hydrogen) atoms. The van der Waals surface area contributed by atoms with Crippen molar-refractivity contribution in [3.8, 4) is 17.2 Å². The molecule has 0 saturated heterocycles. The van der Waals surface area contributed by atoms with E-state index >= 15 is 0 Å². The van der Waals surface area contributed by atoms with Crippen LogP contribution in [-0.2, 0) is 12.8 Å². The van der Waals surface area contributed by atoms with Gasteiger partial charge in [0.2, 0.25) is 6.79 Å². The molecular formula is C24H22FNO4. The standard InChI is InChI=1S/C24H22FNO4/c1-28-21-8-5-16(6-9-21)11-20(26-24(27)18-3-2-4-19(25)14-18)12-17-7-10-22-23(13-17)30-15-29-22/h2-10,13-14,20H,11-12,15H2,1H3,(H,26,27)/t20-/m0/s1. The lowest BCUT2D eigenvalue weighted by Gasteiger charge is -2.20. The molecule has 3 aromatic carbocycles. The summed E-state index contributed by atoms with van der Waals surface area (Å²) in [6, 6.07) is 19.0. The second-order valence-corrected chi connectivity index (χ2v) is 7.12. The van der Waals surface area contributed by atoms with Crippen molar-refractivity contribution in [1.82, 2.24) is 5.32 Å². The zero-order valence-electron chi connectivity index (χ0n) is 16.6. The van der Waals surface area contributed by atoms with Gasteiger partial charge in [-0.15, -0.1) is 0 Å². The van der Waals surface area contributed by atoms with E-state index in [0.29, 0.717) is 29.9 Å². The normalized spacial score (nSPS) is 13.0. The third-order valence-electron chi connectivity index (χ3n) is 4.98. The number of methoxy groups -OCH3 is 1. The minimum absolute atomic E-state index is 0.200. The topological polar surface area (TPSA) is 56.8 Å². The van der Waals surface area contributed by atoms with Crippen LogP contribution in [0.2, 0.25) is 0 Å². The van der Waals surface area contributed by atoms with Crippen LogP contribution >= 0.6 is 0 Å². The number of fused-ring (bicyclic) bond motifs is 1. The summed E-state index contributed by atoms with van der Waals surface area (Å²) in [7, 11) is 1.62. The first kappa shape index (κ1) is 19.8. The lowest BCUT2D eigenvalue weighted by atomic mass is 9.98. The molecule has 0 fully saturated rings. The van der Waals surface area contributed by atoms with Crippen LogP contribution in [0.1, 0.15) is 21.5 Å². The van der Waals surface area contributed by atoms with E-state index in [1.54, 1.807) is 13.2 Å². The summed E-state index contributed by atoms with van der Waals surface area (Å²) in [5, 5.41) is 3.04. The van der Waals surface area contributed by atoms with Crippen molar-refractivity contribution in [2.24, 2.45) is 0 Å². The molecule has 1 aliphatic heterocycles. The van der Waals surface area contributed by atoms with Crippen molar-refractivity contribution >= 4 is 5.91 Å². The average molecular weight is 407 g/mol. The predicted molar refractivity (Wildman–Crippen MR) is 111 cm³/mol. The number of carbonyl (C=O) groups is 1. The van der Waals surface area contributed by atoms with Gasteiger partial charge in [0.1, 0.15) is 11.6 Å². The third kappa shape index (κ3) is 4.71. The molecule has 3 aromatic rings. The minimum atomic E-state index is -0.440. The summed E-state index contributed by atoms with van der Waals surface area (Å²) in [4.78, 5) is 12.7. The molecule has 1 heterocycles. The molecule has 154 valence electrons. The molecule has 6 heteroatoms. The zero-order valence-corrected chi connectivity index (χ0v) is 16.6. The van der Waals surface area contributed by atoms with Gasteiger partial charge in [0.25, 0.3) is 5.91 Å². The van der Waals surface area contributed by atoms with E-state index < -0.39 is 5.82 Å². The number of hydrogen-bond acceptors (Lipinski definition) is 4. The van der Waals surface area contributed by atoms with Crippen LogP contribution in [-0.4, -0.2) is 25.9 Å². The van der Waals surface area contributed by atoms with Gasteiger partial charge < -0.3 is 19.5 Å². The minimum Gasteiger partial charge on any atom is -0.497 e. The Labute approximate surface area is 174 Å². The number of carbonyl (C=O) groups excluding carboxylic acids is 1. The molecule has 5 nitrogen and oxygen atoms in total. The number of nitrogens with one attached hydrogen (secondary N) is 1. The summed E-state index contributed by atoms with van der Waals surface area (Å²) in [5.74, 6) is 1.44. The van der Waals surface area contributed by atoms with Crippen LogP contribution < -0.4 is 19.5 Å². The molecule has 0 aliphatic carbocycles. The molecule has 0 unspecified atom stereocenters. The van der Waals surface area contributed by atoms with Crippen molar-refractivity contribution < 1.29 is 23.4 Å². The van der Waals surface area contributed by atoms with Crippen molar-refractivity contribution in [2.45, 2.75) is 18.9 Å². The van der Waals surface area contributed by atoms with E-state index in [4.69, 9.17) is 14.2 Å². The number of benzene rings is 3. The number of amides is 1. The van der Waals surface area contributed by atoms with Crippen LogP contribution in [0, 0.1) is 5.82 Å². The molecule has 0 aromatic heterocycles. The van der Waals surface area contributed by atoms with Crippen LogP contribution in [0.5, 0.6) is 17.2 Å². The maximum absolute atomic E-state index is 13.5. The van der Waals surface area contributed by atoms with Crippen LogP contribution in [0.15, 0.2) is 66.7 Å². The van der Waals surface area contributed by atoms with Crippen LogP contribution in [0.25, 0.3) is 0 Å². The predicted octanol–water partition coefficient (Wildman–Crippen LogP) is 4.15. The first-order valence-electron chi connectivity index (χ1n) is 9.68. The van der Waals surface area contributed by atoms with Gasteiger partial charge >= 0.3 is 0 Å². The van der Waals surface area contributed by atoms with E-state index in [0.717, 1.165) is 16.9 Å². The van der Waals surface area contributed by atoms with E-state index in [1.165, 1.54) is 18.2 Å². The number of halogens is 1. The van der Waals surface area contributed by atoms with E-state index in [-0.39, 0.29) is 18.7 Å². The van der Waals surface area contributed by atoms with Gasteiger partial charge in [0.05, 0.1) is 7.11 Å². The van der Waals surface area contributed by atoms with Gasteiger partial charge in [-0.05, 0) is 66.4 Å². The Bertz CT molecular complexity index is 1040. The Balaban J connectivity index is 1.54. The Morgan fingerprint density at radius 1 is 1.00 bits per heavy atom. The second kappa shape index (κ2) is 8.86. The van der Waals surface area contributed by atoms with E-state index in [9.17, 15) is 9.18 Å². The molecule has 1 atom stereocenters. The molecule has 1 amide bonds. The summed E-state index contributed by atoms with van der Waals surface area (Å²) in [5.41, 5.74) is 2.36. The van der Waals surface area contributed by atoms with Gasteiger partial charge in [-0.3, -0.25) is 4.79 Å². The van der Waals surface area contributed by atoms with E-state index in [2.05, 4.69) is 5.32 Å². The van der Waals surface area contributed by atoms with Crippen LogP contribution in [0.4, 0.5) is 4.39 Å². The fourth-order valence-electron chi connectivity index (χ4n) is 3.47. The van der Waals surface area contributed by atoms with Gasteiger partial charge in [0, 0.05) is 11.6 Å². The second-order valence-electron chi connectivity index (χ2n) is 7.12. The Morgan fingerprint density at radius 3 is 2.50 bits per heavy atom. The van der Waals surface area contributed by atoms with Gasteiger partial charge in [0.15, 0.2) is 11.5 Å². The average Bonchev–Trinajstić information content (AvgIpc) is 3.22. The Morgan fingerprint density at radius 2 is 1.73 bits per heavy atom. The third-order valence-corrected chi connectivity index (χ3v) is 4.98. The first-order valence-corrected chi connectivity index (χ1v) is 9.68. The molecule has 1 aliphatic rings. The molecule has 0 bridgehead atoms. The number of hydrogen-bond donors (Lipinski definition) is 1. The van der Waals surface area contributed by atoms with Crippen molar-refractivity contribution in [2.75, 3.05) is 13.9 Å². The molecule has 0 spiro atoms. The summed E-state index contributed by atoms with van der Waals surface area (Å²) in [6.07, 6.45) is 1.20. The zero-order chi connectivity index (χ0) is 20.9. The van der Waals surface area contributed by atoms with E-state index in [1.807, 2.05) is 42.5 Å². The first-order chi connectivity index (χ1) is 14.6. The van der Waals surface area contributed by atoms with Gasteiger partial charge in [-0.25, -0.2) is 4.39 Å². The Hall–Kier alpha value is -3.54. The van der Waals surface area contributed by atoms with Crippen molar-refractivity contribution in [1.29, 1.82) is 0 Å². The van der Waals surface area contributed by atoms with Crippen LogP contribution in [0.3, 0.4) is 0 Å². The monoisotopic (exact) mass is 407 g/mol. The lowest BCUT2D eigenvalue weighted by molar-refractivity contribution is 0.0936. The highest BCUT2D eigenvalue weighted by Gasteiger charge is 2.19. The lowest BCUT2D eigenvalue weighted by Crippen LogP contribution is -2.38. The summed E-state index contributed by atoms with van der Waals surface area (Å²) in [6.45, 7) is 0.213. The quantitative estimate of drug-likeness (QED) is 0.639. The number of ether oxygens (including phenoxy) is 3. The fourth-order valence-corrected chi connectivity index (χ4v) is 3.47. The Kier molecular flexibility index (Phi) is 5.84. The SMILES string of the molecule is COc1ccc(C[C@@H](Cc2ccc3c(c2)OCO3)NC(=O)c2cccc(F)c2)cc1. The maximum atomic E-state index is 13.5. The molecule has 0 radical (unpaired) electrons. The molecular weight excluding hydrogens is 385 g/mol. The number of rotatable bonds is 7. The highest BCUT2D eigenvalue weighted by atomic mass is 19.1. The molecule has 1 N–H and O–H groups in total.